The molecule has 1 atom stereocenters. The number of benzene rings is 3. The maximum Gasteiger partial charge on any atom is 0.251 e. The van der Waals surface area contributed by atoms with Gasteiger partial charge in [0.05, 0.1) is 12.8 Å². The molecule has 0 bridgehead atoms. The van der Waals surface area contributed by atoms with Crippen LogP contribution in [0.4, 0.5) is 0 Å². The lowest BCUT2D eigenvalue weighted by Crippen LogP contribution is -2.35. The van der Waals surface area contributed by atoms with Gasteiger partial charge in [-0.05, 0) is 53.1 Å². The van der Waals surface area contributed by atoms with Gasteiger partial charge >= 0.3 is 0 Å². The van der Waals surface area contributed by atoms with Gasteiger partial charge in [0.15, 0.2) is 0 Å². The number of hydrogen-bond acceptors (Lipinski definition) is 5. The molecule has 6 heteroatoms. The molecule has 1 heterocycles. The predicted molar refractivity (Wildman–Crippen MR) is 136 cm³/mol. The SMILES string of the molecule is CNC(=O)c1ccc(CN(Cc2ccco2)C[C@@H](O)COc2ccc(-c3ccccc3)cc2)cc1. The summed E-state index contributed by atoms with van der Waals surface area (Å²) in [6.07, 6.45) is 0.952. The van der Waals surface area contributed by atoms with Gasteiger partial charge in [-0.3, -0.25) is 9.69 Å². The van der Waals surface area contributed by atoms with E-state index < -0.39 is 6.10 Å². The molecule has 4 rings (SSSR count). The molecule has 3 aromatic carbocycles. The molecule has 0 fully saturated rings. The first kappa shape index (κ1) is 24.3. The standard InChI is InChI=1S/C29H30N2O4/c1-30-29(33)25-11-9-22(10-12-25)18-31(20-28-8-5-17-34-28)19-26(32)21-35-27-15-13-24(14-16-27)23-6-3-2-4-7-23/h2-17,26,32H,18-21H2,1H3,(H,30,33)/t26-/m1/s1. The van der Waals surface area contributed by atoms with E-state index in [1.165, 1.54) is 0 Å². The van der Waals surface area contributed by atoms with Crippen molar-refractivity contribution in [2.24, 2.45) is 0 Å². The van der Waals surface area contributed by atoms with E-state index in [9.17, 15) is 9.90 Å². The van der Waals surface area contributed by atoms with Gasteiger partial charge in [0.25, 0.3) is 5.91 Å². The Labute approximate surface area is 205 Å². The van der Waals surface area contributed by atoms with Crippen molar-refractivity contribution in [3.63, 3.8) is 0 Å². The number of carbonyl (C=O) groups is 1. The van der Waals surface area contributed by atoms with Gasteiger partial charge in [-0.25, -0.2) is 0 Å². The molecule has 35 heavy (non-hydrogen) atoms. The number of ether oxygens (including phenoxy) is 1. The third-order valence-corrected chi connectivity index (χ3v) is 5.68. The van der Waals surface area contributed by atoms with Crippen LogP contribution in [0.2, 0.25) is 0 Å². The van der Waals surface area contributed by atoms with E-state index in [1.54, 1.807) is 25.4 Å². The van der Waals surface area contributed by atoms with Crippen molar-refractivity contribution in [2.45, 2.75) is 19.2 Å². The van der Waals surface area contributed by atoms with Crippen LogP contribution in [0.15, 0.2) is 102 Å². The number of nitrogens with one attached hydrogen (secondary N) is 1. The second kappa shape index (κ2) is 12.0. The van der Waals surface area contributed by atoms with Crippen LogP contribution in [0.5, 0.6) is 5.75 Å². The summed E-state index contributed by atoms with van der Waals surface area (Å²) in [5.74, 6) is 1.41. The minimum Gasteiger partial charge on any atom is -0.491 e. The highest BCUT2D eigenvalue weighted by molar-refractivity contribution is 5.93. The molecule has 0 aliphatic heterocycles. The second-order valence-corrected chi connectivity index (χ2v) is 8.38. The zero-order valence-electron chi connectivity index (χ0n) is 19.8. The van der Waals surface area contributed by atoms with Crippen molar-refractivity contribution in [3.8, 4) is 16.9 Å². The topological polar surface area (TPSA) is 74.9 Å². The van der Waals surface area contributed by atoms with Crippen molar-refractivity contribution >= 4 is 5.91 Å². The monoisotopic (exact) mass is 470 g/mol. The van der Waals surface area contributed by atoms with E-state index in [1.807, 2.05) is 66.7 Å². The summed E-state index contributed by atoms with van der Waals surface area (Å²) in [6.45, 7) is 1.72. The summed E-state index contributed by atoms with van der Waals surface area (Å²) >= 11 is 0. The van der Waals surface area contributed by atoms with Crippen molar-refractivity contribution in [2.75, 3.05) is 20.2 Å². The van der Waals surface area contributed by atoms with E-state index in [0.29, 0.717) is 30.9 Å². The summed E-state index contributed by atoms with van der Waals surface area (Å²) in [5, 5.41) is 13.3. The first-order valence-electron chi connectivity index (χ1n) is 11.6. The van der Waals surface area contributed by atoms with Crippen molar-refractivity contribution < 1.29 is 19.1 Å². The number of nitrogens with zero attached hydrogens (tertiary/aromatic N) is 1. The van der Waals surface area contributed by atoms with Crippen LogP contribution in [0.3, 0.4) is 0 Å². The van der Waals surface area contributed by atoms with E-state index >= 15 is 0 Å². The molecule has 0 aliphatic carbocycles. The molecule has 0 aliphatic rings. The van der Waals surface area contributed by atoms with E-state index in [0.717, 1.165) is 22.5 Å². The summed E-state index contributed by atoms with van der Waals surface area (Å²) in [6, 6.07) is 29.3. The molecule has 0 saturated heterocycles. The van der Waals surface area contributed by atoms with Crippen molar-refractivity contribution in [1.82, 2.24) is 10.2 Å². The number of hydrogen-bond donors (Lipinski definition) is 2. The molecule has 180 valence electrons. The number of carbonyl (C=O) groups excluding carboxylic acids is 1. The Kier molecular flexibility index (Phi) is 8.33. The summed E-state index contributed by atoms with van der Waals surface area (Å²) in [5.41, 5.74) is 3.91. The van der Waals surface area contributed by atoms with Gasteiger partial charge < -0.3 is 19.6 Å². The lowest BCUT2D eigenvalue weighted by molar-refractivity contribution is 0.0605. The quantitative estimate of drug-likeness (QED) is 0.331. The van der Waals surface area contributed by atoms with Gasteiger partial charge in [-0.2, -0.15) is 0 Å². The fourth-order valence-corrected chi connectivity index (χ4v) is 3.89. The van der Waals surface area contributed by atoms with Gasteiger partial charge in [-0.1, -0.05) is 54.6 Å². The summed E-state index contributed by atoms with van der Waals surface area (Å²) in [7, 11) is 1.61. The first-order chi connectivity index (χ1) is 17.1. The minimum absolute atomic E-state index is 0.117. The zero-order valence-corrected chi connectivity index (χ0v) is 19.8. The molecule has 2 N–H and O–H groups in total. The molecular weight excluding hydrogens is 440 g/mol. The Balaban J connectivity index is 1.35. The highest BCUT2D eigenvalue weighted by Crippen LogP contribution is 2.22. The van der Waals surface area contributed by atoms with Crippen LogP contribution < -0.4 is 10.1 Å². The van der Waals surface area contributed by atoms with Gasteiger partial charge in [0.1, 0.15) is 24.2 Å². The van der Waals surface area contributed by atoms with Crippen LogP contribution in [-0.2, 0) is 13.1 Å². The Morgan fingerprint density at radius 2 is 1.63 bits per heavy atom. The fourth-order valence-electron chi connectivity index (χ4n) is 3.89. The van der Waals surface area contributed by atoms with Gasteiger partial charge in [-0.15, -0.1) is 0 Å². The van der Waals surface area contributed by atoms with Gasteiger partial charge in [0.2, 0.25) is 0 Å². The maximum absolute atomic E-state index is 11.8. The molecule has 4 aromatic rings. The summed E-state index contributed by atoms with van der Waals surface area (Å²) < 4.78 is 11.4. The molecule has 0 spiro atoms. The first-order valence-corrected chi connectivity index (χ1v) is 11.6. The second-order valence-electron chi connectivity index (χ2n) is 8.38. The van der Waals surface area contributed by atoms with E-state index in [4.69, 9.17) is 9.15 Å². The van der Waals surface area contributed by atoms with Crippen molar-refractivity contribution in [1.29, 1.82) is 0 Å². The average Bonchev–Trinajstić information content (AvgIpc) is 3.41. The number of furan rings is 1. The fraction of sp³-hybridized carbons (Fsp3) is 0.207. The average molecular weight is 471 g/mol. The zero-order chi connectivity index (χ0) is 24.5. The normalized spacial score (nSPS) is 11.9. The molecule has 1 aromatic heterocycles. The highest BCUT2D eigenvalue weighted by atomic mass is 16.5. The van der Waals surface area contributed by atoms with E-state index in [-0.39, 0.29) is 12.5 Å². The van der Waals surface area contributed by atoms with Crippen LogP contribution in [0, 0.1) is 0 Å². The third-order valence-electron chi connectivity index (χ3n) is 5.68. The Morgan fingerprint density at radius 3 is 2.29 bits per heavy atom. The van der Waals surface area contributed by atoms with Gasteiger partial charge in [0, 0.05) is 25.7 Å². The molecule has 0 radical (unpaired) electrons. The number of aliphatic hydroxyl groups excluding tert-OH is 1. The molecule has 0 saturated carbocycles. The number of rotatable bonds is 11. The molecule has 1 amide bonds. The summed E-state index contributed by atoms with van der Waals surface area (Å²) in [4.78, 5) is 13.9. The van der Waals surface area contributed by atoms with Crippen LogP contribution in [0.25, 0.3) is 11.1 Å². The van der Waals surface area contributed by atoms with Crippen LogP contribution in [-0.4, -0.2) is 42.2 Å². The Hall–Kier alpha value is -3.87. The van der Waals surface area contributed by atoms with E-state index in [2.05, 4.69) is 22.3 Å². The maximum atomic E-state index is 11.8. The minimum atomic E-state index is -0.691. The lowest BCUT2D eigenvalue weighted by atomic mass is 10.1. The van der Waals surface area contributed by atoms with Crippen LogP contribution >= 0.6 is 0 Å². The number of aliphatic hydroxyl groups is 1. The Morgan fingerprint density at radius 1 is 0.914 bits per heavy atom. The van der Waals surface area contributed by atoms with Crippen molar-refractivity contribution in [3.05, 3.63) is 114 Å². The lowest BCUT2D eigenvalue weighted by Gasteiger charge is -2.24. The predicted octanol–water partition coefficient (Wildman–Crippen LogP) is 4.75. The third kappa shape index (κ3) is 7.06. The Bertz CT molecular complexity index is 1170. The number of amides is 1. The molecular formula is C29H30N2O4. The molecule has 0 unspecified atom stereocenters. The largest absolute Gasteiger partial charge is 0.491 e. The molecule has 6 nitrogen and oxygen atoms in total. The highest BCUT2D eigenvalue weighted by Gasteiger charge is 2.16. The van der Waals surface area contributed by atoms with Crippen LogP contribution in [0.1, 0.15) is 21.7 Å². The smallest absolute Gasteiger partial charge is 0.251 e.